The van der Waals surface area contributed by atoms with Gasteiger partial charge in [-0.2, -0.15) is 4.31 Å². The first kappa shape index (κ1) is 28.1. The van der Waals surface area contributed by atoms with Gasteiger partial charge in [0.15, 0.2) is 0 Å². The first-order valence-electron chi connectivity index (χ1n) is 6.20. The normalized spacial score (nSPS) is 12.5. The molecule has 0 aliphatic heterocycles. The third-order valence-corrected chi connectivity index (χ3v) is 4.97. The number of ether oxygens (including phenoxy) is 2. The Hall–Kier alpha value is -1.11. The van der Waals surface area contributed by atoms with Crippen molar-refractivity contribution in [1.29, 1.82) is 0 Å². The van der Waals surface area contributed by atoms with E-state index in [1.165, 1.54) is 0 Å². The molecule has 0 amide bonds. The van der Waals surface area contributed by atoms with Crippen LogP contribution in [0.4, 0.5) is 0 Å². The van der Waals surface area contributed by atoms with E-state index in [4.69, 9.17) is 24.1 Å². The summed E-state index contributed by atoms with van der Waals surface area (Å²) in [6, 6.07) is 0. The van der Waals surface area contributed by atoms with Gasteiger partial charge in [0.2, 0.25) is 0 Å². The molecule has 27 heavy (non-hydrogen) atoms. The second-order valence-electron chi connectivity index (χ2n) is 3.85. The van der Waals surface area contributed by atoms with E-state index in [-0.39, 0.29) is 5.76 Å². The van der Waals surface area contributed by atoms with Gasteiger partial charge in [-0.05, 0) is 0 Å². The van der Waals surface area contributed by atoms with Crippen LogP contribution in [0.1, 0.15) is 6.42 Å². The Balaban J connectivity index is 0. The molecule has 0 aromatic heterocycles. The van der Waals surface area contributed by atoms with E-state index in [2.05, 4.69) is 22.8 Å². The van der Waals surface area contributed by atoms with Gasteiger partial charge < -0.3 is 33.6 Å². The van der Waals surface area contributed by atoms with Crippen molar-refractivity contribution in [2.75, 3.05) is 28.4 Å². The van der Waals surface area contributed by atoms with E-state index >= 15 is 0 Å². The van der Waals surface area contributed by atoms with Gasteiger partial charge >= 0.3 is 35.4 Å². The fourth-order valence-corrected chi connectivity index (χ4v) is 2.76. The number of phosphoric ester groups is 1. The number of carbonyl (C=O) groups is 2. The lowest BCUT2D eigenvalue weighted by atomic mass is 10.3. The number of rotatable bonds is 9. The maximum atomic E-state index is 11.7. The van der Waals surface area contributed by atoms with E-state index in [0.29, 0.717) is 0 Å². The van der Waals surface area contributed by atoms with Gasteiger partial charge in [-0.3, -0.25) is 13.8 Å². The van der Waals surface area contributed by atoms with Gasteiger partial charge in [0, 0.05) is 14.2 Å². The zero-order chi connectivity index (χ0) is 21.9. The largest absolute Gasteiger partial charge is 0.529 e. The molecule has 0 fully saturated rings. The summed E-state index contributed by atoms with van der Waals surface area (Å²) in [5.41, 5.74) is 0. The topological polar surface area (TPSA) is 222 Å². The molecule has 0 unspecified atom stereocenters. The van der Waals surface area contributed by atoms with Crippen LogP contribution in [0.5, 0.6) is 0 Å². The highest BCUT2D eigenvalue weighted by molar-refractivity contribution is 7.60. The van der Waals surface area contributed by atoms with Crippen LogP contribution in [0.3, 0.4) is 0 Å². The fraction of sp³-hybridized carbons (Fsp3) is 0.556. The minimum absolute atomic E-state index is 0.249. The first-order valence-corrected chi connectivity index (χ1v) is 10.7. The lowest BCUT2D eigenvalue weighted by Gasteiger charge is -2.15. The van der Waals surface area contributed by atoms with Crippen molar-refractivity contribution in [3.63, 3.8) is 0 Å². The Morgan fingerprint density at radius 1 is 0.852 bits per heavy atom. The standard InChI is InChI=1S/C9H15O8P.H4O7P2/c1-13-8(10)5-7(6-9(11)14-2)17-18(12,15-3)16-4;1-8(2,3)7-9(4,5)6/h5H,6H2,1-4H3;(H2,1,2,3)(H2,4,5,6)/b7-5-;. The Labute approximate surface area is 153 Å². The van der Waals surface area contributed by atoms with Crippen LogP contribution in [-0.4, -0.2) is 60.0 Å². The predicted octanol–water partition coefficient (Wildman–Crippen LogP) is 0.212. The Morgan fingerprint density at radius 2 is 1.30 bits per heavy atom. The molecule has 0 aliphatic carbocycles. The van der Waals surface area contributed by atoms with Crippen molar-refractivity contribution in [2.45, 2.75) is 6.42 Å². The van der Waals surface area contributed by atoms with Crippen molar-refractivity contribution in [3.05, 3.63) is 11.8 Å². The van der Waals surface area contributed by atoms with Crippen LogP contribution in [0.2, 0.25) is 0 Å². The summed E-state index contributed by atoms with van der Waals surface area (Å²) in [6.45, 7) is 0. The summed E-state index contributed by atoms with van der Waals surface area (Å²) in [5.74, 6) is -1.72. The molecule has 4 N–H and O–H groups in total. The van der Waals surface area contributed by atoms with Gasteiger partial charge in [-0.25, -0.2) is 18.5 Å². The minimum atomic E-state index is -5.05. The van der Waals surface area contributed by atoms with Crippen molar-refractivity contribution < 1.29 is 70.2 Å². The van der Waals surface area contributed by atoms with Gasteiger partial charge in [0.1, 0.15) is 12.2 Å². The van der Waals surface area contributed by atoms with Gasteiger partial charge in [-0.15, -0.1) is 0 Å². The van der Waals surface area contributed by atoms with Crippen LogP contribution < -0.4 is 0 Å². The third kappa shape index (κ3) is 16.8. The van der Waals surface area contributed by atoms with E-state index in [9.17, 15) is 23.3 Å². The lowest BCUT2D eigenvalue weighted by Crippen LogP contribution is -2.07. The Morgan fingerprint density at radius 3 is 1.56 bits per heavy atom. The molecule has 0 spiro atoms. The molecular formula is C9H19O15P3. The summed E-state index contributed by atoms with van der Waals surface area (Å²) in [6.07, 6.45) is 0.434. The third-order valence-electron chi connectivity index (χ3n) is 1.92. The first-order chi connectivity index (χ1) is 12.1. The summed E-state index contributed by atoms with van der Waals surface area (Å²) >= 11 is 0. The summed E-state index contributed by atoms with van der Waals surface area (Å²) in [7, 11) is -9.47. The molecule has 0 aromatic rings. The van der Waals surface area contributed by atoms with Crippen molar-refractivity contribution in [3.8, 4) is 0 Å². The van der Waals surface area contributed by atoms with Crippen molar-refractivity contribution in [1.82, 2.24) is 0 Å². The molecule has 0 aliphatic rings. The molecule has 0 rings (SSSR count). The fourth-order valence-electron chi connectivity index (χ4n) is 0.946. The average molecular weight is 460 g/mol. The van der Waals surface area contributed by atoms with E-state index in [0.717, 1.165) is 34.5 Å². The molecule has 0 bridgehead atoms. The highest BCUT2D eigenvalue weighted by Crippen LogP contribution is 2.53. The number of carbonyl (C=O) groups excluding carboxylic acids is 2. The lowest BCUT2D eigenvalue weighted by molar-refractivity contribution is -0.140. The van der Waals surface area contributed by atoms with E-state index in [1.807, 2.05) is 0 Å². The Bertz CT molecular complexity index is 629. The number of hydrogen-bond acceptors (Lipinski definition) is 11. The minimum Gasteiger partial charge on any atom is -0.469 e. The zero-order valence-corrected chi connectivity index (χ0v) is 17.1. The molecule has 0 saturated carbocycles. The number of hydrogen-bond donors (Lipinski definition) is 4. The number of esters is 2. The summed E-state index contributed by atoms with van der Waals surface area (Å²) < 4.78 is 56.5. The smallest absolute Gasteiger partial charge is 0.469 e. The average Bonchev–Trinajstić information content (AvgIpc) is 2.51. The quantitative estimate of drug-likeness (QED) is 0.156. The van der Waals surface area contributed by atoms with Crippen LogP contribution in [0, 0.1) is 0 Å². The monoisotopic (exact) mass is 460 g/mol. The molecular weight excluding hydrogens is 441 g/mol. The summed E-state index contributed by atoms with van der Waals surface area (Å²) in [4.78, 5) is 53.1. The molecule has 15 nitrogen and oxygen atoms in total. The Kier molecular flexibility index (Phi) is 12.9. The molecule has 0 saturated heterocycles. The zero-order valence-electron chi connectivity index (χ0n) is 14.4. The molecule has 160 valence electrons. The number of phosphoric acid groups is 3. The maximum Gasteiger partial charge on any atom is 0.529 e. The van der Waals surface area contributed by atoms with Gasteiger partial charge in [0.25, 0.3) is 0 Å². The summed E-state index contributed by atoms with van der Waals surface area (Å²) in [5, 5.41) is 0. The molecule has 0 aromatic carbocycles. The number of methoxy groups -OCH3 is 2. The van der Waals surface area contributed by atoms with Gasteiger partial charge in [-0.1, -0.05) is 0 Å². The maximum absolute atomic E-state index is 11.7. The SMILES string of the molecule is COC(=O)/C=C(/CC(=O)OC)OP(=O)(OC)OC.O=P(O)(O)OP(=O)(O)O. The van der Waals surface area contributed by atoms with Gasteiger partial charge in [0.05, 0.1) is 20.3 Å². The van der Waals surface area contributed by atoms with Crippen molar-refractivity contribution in [2.24, 2.45) is 0 Å². The molecule has 18 heteroatoms. The molecule has 0 heterocycles. The van der Waals surface area contributed by atoms with Crippen LogP contribution >= 0.6 is 23.5 Å². The highest BCUT2D eigenvalue weighted by Gasteiger charge is 2.28. The van der Waals surface area contributed by atoms with Crippen LogP contribution in [0.25, 0.3) is 0 Å². The second kappa shape index (κ2) is 12.4. The van der Waals surface area contributed by atoms with Crippen molar-refractivity contribution >= 4 is 35.4 Å². The second-order valence-corrected chi connectivity index (χ2v) is 8.28. The predicted molar refractivity (Wildman–Crippen MR) is 84.6 cm³/mol. The van der Waals surface area contributed by atoms with E-state index in [1.54, 1.807) is 0 Å². The molecule has 0 atom stereocenters. The van der Waals surface area contributed by atoms with Crippen LogP contribution in [0.15, 0.2) is 11.8 Å². The highest BCUT2D eigenvalue weighted by atomic mass is 31.3. The van der Waals surface area contributed by atoms with Crippen LogP contribution in [-0.2, 0) is 50.6 Å². The molecule has 0 radical (unpaired) electrons. The van der Waals surface area contributed by atoms with E-state index < -0.39 is 41.8 Å².